The smallest absolute Gasteiger partial charge is 0.313 e. The van der Waals surface area contributed by atoms with Gasteiger partial charge in [-0.3, -0.25) is 0 Å². The molecule has 0 aliphatic heterocycles. The second-order valence-corrected chi connectivity index (χ2v) is 10.5. The summed E-state index contributed by atoms with van der Waals surface area (Å²) in [4.78, 5) is 0. The number of ether oxygens (including phenoxy) is 1. The van der Waals surface area contributed by atoms with Crippen LogP contribution in [0.15, 0.2) is 36.4 Å². The van der Waals surface area contributed by atoms with Crippen LogP contribution < -0.4 is 0 Å². The van der Waals surface area contributed by atoms with Gasteiger partial charge < -0.3 is 4.74 Å². The Labute approximate surface area is 208 Å². The summed E-state index contributed by atoms with van der Waals surface area (Å²) in [5, 5.41) is 0. The topological polar surface area (TPSA) is 9.23 Å². The lowest BCUT2D eigenvalue weighted by atomic mass is 9.81. The molecule has 0 bridgehead atoms. The molecule has 2 aromatic carbocycles. The predicted molar refractivity (Wildman–Crippen MR) is 127 cm³/mol. The molecule has 7 heteroatoms. The molecule has 0 unspecified atom stereocenters. The number of rotatable bonds is 6. The van der Waals surface area contributed by atoms with Crippen LogP contribution >= 0.6 is 0 Å². The zero-order chi connectivity index (χ0) is 26.0. The first-order chi connectivity index (χ1) is 17.0. The summed E-state index contributed by atoms with van der Waals surface area (Å²) in [5.41, 5.74) is -2.45. The quantitative estimate of drug-likeness (QED) is 0.278. The van der Waals surface area contributed by atoms with Gasteiger partial charge in [0.05, 0.1) is 11.7 Å². The molecule has 2 fully saturated rings. The molecule has 0 saturated heterocycles. The van der Waals surface area contributed by atoms with E-state index in [4.69, 9.17) is 4.74 Å². The largest absolute Gasteiger partial charge is 0.389 e. The summed E-state index contributed by atoms with van der Waals surface area (Å²) in [5.74, 6) is -3.67. The number of hydrogen-bond acceptors (Lipinski definition) is 1. The first-order valence-electron chi connectivity index (χ1n) is 12.7. The first kappa shape index (κ1) is 26.8. The third-order valence-corrected chi connectivity index (χ3v) is 7.56. The average Bonchev–Trinajstić information content (AvgIpc) is 2.78. The molecule has 2 aromatic rings. The molecular weight excluding hydrogens is 478 g/mol. The van der Waals surface area contributed by atoms with Crippen molar-refractivity contribution in [2.75, 3.05) is 0 Å². The molecule has 36 heavy (non-hydrogen) atoms. The van der Waals surface area contributed by atoms with Crippen molar-refractivity contribution in [1.82, 2.24) is 0 Å². The van der Waals surface area contributed by atoms with Gasteiger partial charge in [-0.05, 0) is 98.6 Å². The van der Waals surface area contributed by atoms with Crippen LogP contribution in [0.4, 0.5) is 26.3 Å². The van der Waals surface area contributed by atoms with Crippen molar-refractivity contribution in [1.29, 1.82) is 0 Å². The minimum absolute atomic E-state index is 0.278. The zero-order valence-electron chi connectivity index (χ0n) is 20.6. The molecule has 0 amide bonds. The molecule has 2 saturated carbocycles. The van der Waals surface area contributed by atoms with E-state index in [0.717, 1.165) is 18.1 Å². The number of allylic oxidation sites excluding steroid dienone is 2. The van der Waals surface area contributed by atoms with E-state index in [-0.39, 0.29) is 11.5 Å². The van der Waals surface area contributed by atoms with Gasteiger partial charge in [0.25, 0.3) is 0 Å². The van der Waals surface area contributed by atoms with Gasteiger partial charge in [-0.25, -0.2) is 17.6 Å². The average molecular weight is 511 g/mol. The van der Waals surface area contributed by atoms with Gasteiger partial charge in [-0.15, -0.1) is 0 Å². The number of aryl methyl sites for hydroxylation is 1. The van der Waals surface area contributed by atoms with E-state index in [1.807, 2.05) is 0 Å². The lowest BCUT2D eigenvalue weighted by Gasteiger charge is -2.31. The fraction of sp³-hybridized carbons (Fsp3) is 0.517. The highest BCUT2D eigenvalue weighted by Gasteiger charge is 2.42. The second kappa shape index (κ2) is 11.0. The third kappa shape index (κ3) is 6.16. The molecule has 0 N–H and O–H groups in total. The van der Waals surface area contributed by atoms with Gasteiger partial charge in [0.1, 0.15) is 28.8 Å². The standard InChI is InChI=1S/C29H32F6O/c1-17-3-5-19(6-4-17)7-8-20-9-11-22(12-10-20)36-29(34,35)28-25(32)15-21(16-26(28)33)27-23(30)13-18(2)14-24(27)31/h7-8,13-17,19-20,22H,3-6,9-12H2,1-2H3/b8-7+. The molecular formula is C29H32F6O. The predicted octanol–water partition coefficient (Wildman–Crippen LogP) is 9.23. The number of alkyl halides is 2. The van der Waals surface area contributed by atoms with Crippen LogP contribution in [0.2, 0.25) is 0 Å². The summed E-state index contributed by atoms with van der Waals surface area (Å²) >= 11 is 0. The Bertz CT molecular complexity index is 1050. The van der Waals surface area contributed by atoms with Gasteiger partial charge in [-0.1, -0.05) is 31.9 Å². The molecule has 0 atom stereocenters. The van der Waals surface area contributed by atoms with E-state index < -0.39 is 52.2 Å². The summed E-state index contributed by atoms with van der Waals surface area (Å²) < 4.78 is 92.5. The Kier molecular flexibility index (Phi) is 8.18. The number of benzene rings is 2. The Morgan fingerprint density at radius 2 is 1.19 bits per heavy atom. The van der Waals surface area contributed by atoms with Crippen LogP contribution in [-0.4, -0.2) is 6.10 Å². The molecule has 1 nitrogen and oxygen atoms in total. The maximum atomic E-state index is 14.9. The van der Waals surface area contributed by atoms with E-state index in [2.05, 4.69) is 19.1 Å². The molecule has 0 heterocycles. The third-order valence-electron chi connectivity index (χ3n) is 7.56. The van der Waals surface area contributed by atoms with Crippen molar-refractivity contribution in [3.05, 3.63) is 70.8 Å². The molecule has 4 rings (SSSR count). The molecule has 2 aliphatic carbocycles. The molecule has 0 aromatic heterocycles. The maximum Gasteiger partial charge on any atom is 0.389 e. The minimum atomic E-state index is -4.22. The fourth-order valence-electron chi connectivity index (χ4n) is 5.43. The summed E-state index contributed by atoms with van der Waals surface area (Å²) in [6, 6.07) is 3.03. The van der Waals surface area contributed by atoms with Crippen LogP contribution in [0.5, 0.6) is 0 Å². The SMILES string of the molecule is Cc1cc(F)c(-c2cc(F)c(C(F)(F)OC3CCC(/C=C/C4CCC(C)CC4)CC3)c(F)c2)c(F)c1. The van der Waals surface area contributed by atoms with E-state index >= 15 is 0 Å². The van der Waals surface area contributed by atoms with E-state index in [1.165, 1.54) is 32.6 Å². The van der Waals surface area contributed by atoms with Gasteiger partial charge in [-0.2, -0.15) is 8.78 Å². The lowest BCUT2D eigenvalue weighted by Crippen LogP contribution is -2.31. The molecule has 196 valence electrons. The van der Waals surface area contributed by atoms with Gasteiger partial charge in [0, 0.05) is 0 Å². The highest BCUT2D eigenvalue weighted by molar-refractivity contribution is 5.66. The van der Waals surface area contributed by atoms with Gasteiger partial charge in [0.15, 0.2) is 0 Å². The van der Waals surface area contributed by atoms with Crippen molar-refractivity contribution >= 4 is 0 Å². The number of halogens is 6. The van der Waals surface area contributed by atoms with Gasteiger partial charge >= 0.3 is 6.11 Å². The van der Waals surface area contributed by atoms with E-state index in [1.54, 1.807) is 0 Å². The lowest BCUT2D eigenvalue weighted by molar-refractivity contribution is -0.280. The van der Waals surface area contributed by atoms with Gasteiger partial charge in [0.2, 0.25) is 0 Å². The second-order valence-electron chi connectivity index (χ2n) is 10.5. The highest BCUT2D eigenvalue weighted by atomic mass is 19.3. The molecule has 0 spiro atoms. The van der Waals surface area contributed by atoms with Crippen molar-refractivity contribution in [2.24, 2.45) is 17.8 Å². The fourth-order valence-corrected chi connectivity index (χ4v) is 5.43. The minimum Gasteiger partial charge on any atom is -0.313 e. The summed E-state index contributed by atoms with van der Waals surface area (Å²) in [6.45, 7) is 3.73. The molecule has 2 aliphatic rings. The Hall–Kier alpha value is -2.28. The van der Waals surface area contributed by atoms with Crippen molar-refractivity contribution in [3.8, 4) is 11.1 Å². The van der Waals surface area contributed by atoms with E-state index in [9.17, 15) is 26.3 Å². The Balaban J connectivity index is 1.41. The zero-order valence-corrected chi connectivity index (χ0v) is 20.6. The summed E-state index contributed by atoms with van der Waals surface area (Å²) in [6.07, 6.45) is 6.25. The van der Waals surface area contributed by atoms with Crippen molar-refractivity contribution in [2.45, 2.75) is 77.4 Å². The Morgan fingerprint density at radius 3 is 1.69 bits per heavy atom. The van der Waals surface area contributed by atoms with Crippen molar-refractivity contribution < 1.29 is 31.1 Å². The van der Waals surface area contributed by atoms with Crippen LogP contribution in [0.3, 0.4) is 0 Å². The van der Waals surface area contributed by atoms with Crippen LogP contribution in [-0.2, 0) is 10.8 Å². The van der Waals surface area contributed by atoms with E-state index in [0.29, 0.717) is 43.7 Å². The summed E-state index contributed by atoms with van der Waals surface area (Å²) in [7, 11) is 0. The number of hydrogen-bond donors (Lipinski definition) is 0. The maximum absolute atomic E-state index is 14.9. The van der Waals surface area contributed by atoms with Crippen molar-refractivity contribution in [3.63, 3.8) is 0 Å². The first-order valence-corrected chi connectivity index (χ1v) is 12.7. The highest BCUT2D eigenvalue weighted by Crippen LogP contribution is 2.40. The molecule has 0 radical (unpaired) electrons. The normalized spacial score (nSPS) is 25.4. The Morgan fingerprint density at radius 1 is 0.722 bits per heavy atom. The van der Waals surface area contributed by atoms with Crippen LogP contribution in [0.25, 0.3) is 11.1 Å². The monoisotopic (exact) mass is 510 g/mol. The van der Waals surface area contributed by atoms with Crippen LogP contribution in [0, 0.1) is 47.9 Å². The van der Waals surface area contributed by atoms with Crippen LogP contribution in [0.1, 0.15) is 69.4 Å².